The molecule has 0 unspecified atom stereocenters. The molecule has 0 saturated carbocycles. The molecule has 0 fully saturated rings. The topological polar surface area (TPSA) is 85.8 Å². The molecule has 0 bridgehead atoms. The largest absolute Gasteiger partial charge is 0.351 e. The normalized spacial score (nSPS) is 11.9. The minimum atomic E-state index is -0.404. The molecule has 28 heavy (non-hydrogen) atoms. The van der Waals surface area contributed by atoms with Crippen LogP contribution in [-0.4, -0.2) is 26.0 Å². The summed E-state index contributed by atoms with van der Waals surface area (Å²) in [7, 11) is 0. The molecule has 0 saturated heterocycles. The van der Waals surface area contributed by atoms with Crippen LogP contribution in [0.1, 0.15) is 18.1 Å². The molecule has 0 aliphatic carbocycles. The van der Waals surface area contributed by atoms with Gasteiger partial charge in [-0.25, -0.2) is 9.07 Å². The smallest absolute Gasteiger partial charge is 0.233 e. The monoisotopic (exact) mass is 417 g/mol. The van der Waals surface area contributed by atoms with Gasteiger partial charge in [-0.05, 0) is 30.2 Å². The molecule has 9 heteroatoms. The molecule has 1 atom stereocenters. The second-order valence-corrected chi connectivity index (χ2v) is 8.26. The first-order valence-electron chi connectivity index (χ1n) is 8.59. The Morgan fingerprint density at radius 1 is 1.11 bits per heavy atom. The summed E-state index contributed by atoms with van der Waals surface area (Å²) in [6, 6.07) is 16.0. The molecule has 0 aliphatic heterocycles. The van der Waals surface area contributed by atoms with E-state index in [9.17, 15) is 9.18 Å². The number of carbonyl (C=O) groups is 1. The highest BCUT2D eigenvalue weighted by Gasteiger charge is 2.19. The zero-order valence-electron chi connectivity index (χ0n) is 15.2. The lowest BCUT2D eigenvalue weighted by Gasteiger charge is -2.11. The van der Waals surface area contributed by atoms with Crippen molar-refractivity contribution in [3.05, 3.63) is 71.5 Å². The van der Waals surface area contributed by atoms with E-state index in [1.165, 1.54) is 45.9 Å². The summed E-state index contributed by atoms with van der Waals surface area (Å²) >= 11 is 2.72. The highest BCUT2D eigenvalue weighted by atomic mass is 32.2. The number of nitrogens with two attached hydrogens (primary N) is 1. The Hall–Kier alpha value is -2.52. The number of nitrogen functional groups attached to an aromatic ring is 1. The van der Waals surface area contributed by atoms with Crippen molar-refractivity contribution in [3.63, 3.8) is 0 Å². The van der Waals surface area contributed by atoms with E-state index in [0.29, 0.717) is 16.9 Å². The van der Waals surface area contributed by atoms with Gasteiger partial charge in [-0.15, -0.1) is 10.2 Å². The summed E-state index contributed by atoms with van der Waals surface area (Å²) in [4.78, 5) is 12.3. The lowest BCUT2D eigenvalue weighted by atomic mass is 10.2. The van der Waals surface area contributed by atoms with Gasteiger partial charge in [-0.1, -0.05) is 66.0 Å². The number of aromatic nitrogens is 3. The van der Waals surface area contributed by atoms with Gasteiger partial charge in [0, 0.05) is 12.3 Å². The summed E-state index contributed by atoms with van der Waals surface area (Å²) in [6.07, 6.45) is 0. The van der Waals surface area contributed by atoms with Gasteiger partial charge in [-0.2, -0.15) is 0 Å². The summed E-state index contributed by atoms with van der Waals surface area (Å²) in [5.74, 6) is 6.35. The van der Waals surface area contributed by atoms with Crippen LogP contribution in [0.3, 0.4) is 0 Å². The third-order valence-electron chi connectivity index (χ3n) is 3.88. The molecule has 6 nitrogen and oxygen atoms in total. The number of hydrogen-bond donors (Lipinski definition) is 2. The highest BCUT2D eigenvalue weighted by Crippen LogP contribution is 2.26. The molecule has 1 heterocycles. The van der Waals surface area contributed by atoms with E-state index >= 15 is 0 Å². The standard InChI is InChI=1S/C19H20FN5OS2/c1-13(17(26)22-11-14-7-9-16(20)10-8-14)28-19-24-23-18(25(19)21)27-12-15-5-3-2-4-6-15/h2-10,13H,11-12,21H2,1H3,(H,22,26)/t13-/m1/s1. The van der Waals surface area contributed by atoms with Crippen molar-refractivity contribution in [2.45, 2.75) is 34.8 Å². The molecule has 2 aromatic carbocycles. The Morgan fingerprint density at radius 3 is 2.50 bits per heavy atom. The number of nitrogens with zero attached hydrogens (tertiary/aromatic N) is 3. The minimum Gasteiger partial charge on any atom is -0.351 e. The fourth-order valence-electron chi connectivity index (χ4n) is 2.31. The zero-order chi connectivity index (χ0) is 19.9. The van der Waals surface area contributed by atoms with Gasteiger partial charge < -0.3 is 11.2 Å². The predicted octanol–water partition coefficient (Wildman–Crippen LogP) is 3.22. The van der Waals surface area contributed by atoms with Crippen molar-refractivity contribution < 1.29 is 9.18 Å². The van der Waals surface area contributed by atoms with Crippen molar-refractivity contribution in [3.8, 4) is 0 Å². The van der Waals surface area contributed by atoms with Crippen LogP contribution in [0.5, 0.6) is 0 Å². The summed E-state index contributed by atoms with van der Waals surface area (Å²) in [5, 5.41) is 11.7. The van der Waals surface area contributed by atoms with E-state index in [2.05, 4.69) is 15.5 Å². The van der Waals surface area contributed by atoms with E-state index in [1.807, 2.05) is 30.3 Å². The Bertz CT molecular complexity index is 918. The van der Waals surface area contributed by atoms with Gasteiger partial charge in [0.05, 0.1) is 5.25 Å². The molecule has 3 N–H and O–H groups in total. The molecule has 0 aliphatic rings. The molecular formula is C19H20FN5OS2. The minimum absolute atomic E-state index is 0.157. The first kappa shape index (κ1) is 20.2. The highest BCUT2D eigenvalue weighted by molar-refractivity contribution is 8.00. The first-order chi connectivity index (χ1) is 13.5. The van der Waals surface area contributed by atoms with Crippen LogP contribution in [0.15, 0.2) is 64.9 Å². The summed E-state index contributed by atoms with van der Waals surface area (Å²) < 4.78 is 14.3. The summed E-state index contributed by atoms with van der Waals surface area (Å²) in [5.41, 5.74) is 1.99. The number of amides is 1. The summed E-state index contributed by atoms with van der Waals surface area (Å²) in [6.45, 7) is 2.10. The Labute approximate surface area is 171 Å². The maximum Gasteiger partial charge on any atom is 0.233 e. The van der Waals surface area contributed by atoms with Crippen molar-refractivity contribution in [2.75, 3.05) is 5.84 Å². The van der Waals surface area contributed by atoms with Crippen LogP contribution < -0.4 is 11.2 Å². The Kier molecular flexibility index (Phi) is 6.94. The van der Waals surface area contributed by atoms with E-state index < -0.39 is 5.25 Å². The van der Waals surface area contributed by atoms with Crippen molar-refractivity contribution >= 4 is 29.4 Å². The lowest BCUT2D eigenvalue weighted by Crippen LogP contribution is -2.30. The number of halogens is 1. The quantitative estimate of drug-likeness (QED) is 0.432. The van der Waals surface area contributed by atoms with Gasteiger partial charge in [-0.3, -0.25) is 4.79 Å². The third kappa shape index (κ3) is 5.49. The van der Waals surface area contributed by atoms with E-state index in [0.717, 1.165) is 11.3 Å². The number of nitrogens with one attached hydrogen (secondary N) is 1. The van der Waals surface area contributed by atoms with E-state index in [-0.39, 0.29) is 11.7 Å². The number of thioether (sulfide) groups is 2. The maximum atomic E-state index is 12.9. The fraction of sp³-hybridized carbons (Fsp3) is 0.211. The number of carbonyl (C=O) groups excluding carboxylic acids is 1. The van der Waals surface area contributed by atoms with E-state index in [4.69, 9.17) is 5.84 Å². The van der Waals surface area contributed by atoms with Crippen LogP contribution in [0.25, 0.3) is 0 Å². The van der Waals surface area contributed by atoms with Gasteiger partial charge >= 0.3 is 0 Å². The Morgan fingerprint density at radius 2 is 1.79 bits per heavy atom. The Balaban J connectivity index is 1.52. The molecule has 1 amide bonds. The van der Waals surface area contributed by atoms with Crippen molar-refractivity contribution in [1.29, 1.82) is 0 Å². The molecular weight excluding hydrogens is 397 g/mol. The first-order valence-corrected chi connectivity index (χ1v) is 10.5. The van der Waals surface area contributed by atoms with Gasteiger partial charge in [0.25, 0.3) is 0 Å². The average molecular weight is 418 g/mol. The molecule has 1 aromatic heterocycles. The number of rotatable bonds is 8. The molecule has 0 radical (unpaired) electrons. The van der Waals surface area contributed by atoms with E-state index in [1.54, 1.807) is 19.1 Å². The van der Waals surface area contributed by atoms with Crippen LogP contribution >= 0.6 is 23.5 Å². The van der Waals surface area contributed by atoms with Crippen LogP contribution in [-0.2, 0) is 17.1 Å². The lowest BCUT2D eigenvalue weighted by molar-refractivity contribution is -0.120. The van der Waals surface area contributed by atoms with Crippen molar-refractivity contribution in [2.24, 2.45) is 0 Å². The van der Waals surface area contributed by atoms with Crippen LogP contribution in [0.2, 0.25) is 0 Å². The SMILES string of the molecule is C[C@@H](Sc1nnc(SCc2ccccc2)n1N)C(=O)NCc1ccc(F)cc1. The van der Waals surface area contributed by atoms with Gasteiger partial charge in [0.15, 0.2) is 0 Å². The van der Waals surface area contributed by atoms with Crippen molar-refractivity contribution in [1.82, 2.24) is 20.2 Å². The molecule has 146 valence electrons. The fourth-order valence-corrected chi connectivity index (χ4v) is 3.98. The number of benzene rings is 2. The molecule has 3 aromatic rings. The zero-order valence-corrected chi connectivity index (χ0v) is 16.8. The number of hydrogen-bond acceptors (Lipinski definition) is 6. The average Bonchev–Trinajstić information content (AvgIpc) is 3.06. The second kappa shape index (κ2) is 9.61. The predicted molar refractivity (Wildman–Crippen MR) is 110 cm³/mol. The molecule has 3 rings (SSSR count). The molecule has 0 spiro atoms. The second-order valence-electron chi connectivity index (χ2n) is 6.01. The van der Waals surface area contributed by atoms with Crippen LogP contribution in [0, 0.1) is 5.82 Å². The van der Waals surface area contributed by atoms with Gasteiger partial charge in [0.2, 0.25) is 16.2 Å². The third-order valence-corrected chi connectivity index (χ3v) is 5.95. The maximum absolute atomic E-state index is 12.9. The van der Waals surface area contributed by atoms with Crippen LogP contribution in [0.4, 0.5) is 4.39 Å². The van der Waals surface area contributed by atoms with Gasteiger partial charge in [0.1, 0.15) is 5.82 Å².